The standard InChI is InChI=1S/C30H28N2O6S/c1-5-17-7-13-22-24(15-17)39-30(31-22)32-26(21-16-20(36-3)12-14-23(21)37-4)25(28(34)29(32)35)27(33)18-8-10-19(11-9-18)38-6-2/h7-16,26,33H,5-6H2,1-4H3/t26-/m0/s1. The summed E-state index contributed by atoms with van der Waals surface area (Å²) in [5.41, 5.74) is 2.65. The number of ketones is 1. The van der Waals surface area contributed by atoms with Crippen LogP contribution in [-0.2, 0) is 16.0 Å². The number of hydrogen-bond donors (Lipinski definition) is 1. The minimum absolute atomic E-state index is 0.0655. The molecule has 2 heterocycles. The van der Waals surface area contributed by atoms with Crippen molar-refractivity contribution in [1.29, 1.82) is 0 Å². The van der Waals surface area contributed by atoms with Gasteiger partial charge in [-0.1, -0.05) is 24.3 Å². The van der Waals surface area contributed by atoms with Gasteiger partial charge in [-0.15, -0.1) is 0 Å². The molecule has 0 bridgehead atoms. The number of thiazole rings is 1. The van der Waals surface area contributed by atoms with Gasteiger partial charge in [0, 0.05) is 11.1 Å². The van der Waals surface area contributed by atoms with Crippen LogP contribution in [0.5, 0.6) is 17.2 Å². The van der Waals surface area contributed by atoms with E-state index >= 15 is 0 Å². The second kappa shape index (κ2) is 10.8. The van der Waals surface area contributed by atoms with E-state index in [2.05, 4.69) is 6.92 Å². The molecule has 39 heavy (non-hydrogen) atoms. The summed E-state index contributed by atoms with van der Waals surface area (Å²) in [6.07, 6.45) is 0.858. The molecule has 1 saturated heterocycles. The van der Waals surface area contributed by atoms with Crippen LogP contribution in [0.25, 0.3) is 16.0 Å². The number of Topliss-reactive ketones (excluding diaryl/α,β-unsaturated/α-hetero) is 1. The van der Waals surface area contributed by atoms with Crippen molar-refractivity contribution in [2.75, 3.05) is 25.7 Å². The average Bonchev–Trinajstić information content (AvgIpc) is 3.50. The van der Waals surface area contributed by atoms with Gasteiger partial charge in [-0.25, -0.2) is 4.98 Å². The fraction of sp³-hybridized carbons (Fsp3) is 0.233. The van der Waals surface area contributed by atoms with Gasteiger partial charge in [-0.05, 0) is 73.5 Å². The van der Waals surface area contributed by atoms with Crippen molar-refractivity contribution in [3.8, 4) is 17.2 Å². The van der Waals surface area contributed by atoms with Gasteiger partial charge >= 0.3 is 5.91 Å². The lowest BCUT2D eigenvalue weighted by molar-refractivity contribution is -0.132. The lowest BCUT2D eigenvalue weighted by Crippen LogP contribution is -2.29. The molecule has 0 saturated carbocycles. The van der Waals surface area contributed by atoms with Crippen LogP contribution in [0, 0.1) is 0 Å². The maximum absolute atomic E-state index is 13.6. The van der Waals surface area contributed by atoms with E-state index in [1.54, 1.807) is 42.5 Å². The number of anilines is 1. The number of aliphatic hydroxyl groups excluding tert-OH is 1. The average molecular weight is 545 g/mol. The fourth-order valence-electron chi connectivity index (χ4n) is 4.69. The molecule has 200 valence electrons. The normalized spacial score (nSPS) is 16.6. The number of fused-ring (bicyclic) bond motifs is 1. The number of nitrogens with zero attached hydrogens (tertiary/aromatic N) is 2. The maximum atomic E-state index is 13.6. The van der Waals surface area contributed by atoms with Gasteiger partial charge in [0.25, 0.3) is 5.78 Å². The molecule has 0 radical (unpaired) electrons. The van der Waals surface area contributed by atoms with Crippen LogP contribution in [0.1, 0.15) is 36.6 Å². The number of hydrogen-bond acceptors (Lipinski definition) is 8. The van der Waals surface area contributed by atoms with Gasteiger partial charge in [0.2, 0.25) is 0 Å². The van der Waals surface area contributed by atoms with Crippen molar-refractivity contribution in [2.24, 2.45) is 0 Å². The second-order valence-electron chi connectivity index (χ2n) is 8.89. The lowest BCUT2D eigenvalue weighted by atomic mass is 9.94. The number of aryl methyl sites for hydroxylation is 1. The van der Waals surface area contributed by atoms with Gasteiger partial charge in [0.05, 0.1) is 36.6 Å². The minimum atomic E-state index is -1.01. The van der Waals surface area contributed by atoms with Crippen LogP contribution >= 0.6 is 11.3 Å². The van der Waals surface area contributed by atoms with Crippen LogP contribution < -0.4 is 19.1 Å². The molecule has 1 aliphatic heterocycles. The maximum Gasteiger partial charge on any atom is 0.301 e. The summed E-state index contributed by atoms with van der Waals surface area (Å²) < 4.78 is 17.5. The van der Waals surface area contributed by atoms with Crippen LogP contribution in [-0.4, -0.2) is 42.6 Å². The molecule has 1 fully saturated rings. The van der Waals surface area contributed by atoms with Crippen molar-refractivity contribution in [3.63, 3.8) is 0 Å². The number of benzene rings is 3. The Labute approximate surface area is 230 Å². The van der Waals surface area contributed by atoms with Crippen LogP contribution in [0.2, 0.25) is 0 Å². The lowest BCUT2D eigenvalue weighted by Gasteiger charge is -2.25. The summed E-state index contributed by atoms with van der Waals surface area (Å²) in [4.78, 5) is 33.3. The monoisotopic (exact) mass is 544 g/mol. The van der Waals surface area contributed by atoms with Gasteiger partial charge in [-0.2, -0.15) is 0 Å². The first-order valence-electron chi connectivity index (χ1n) is 12.6. The summed E-state index contributed by atoms with van der Waals surface area (Å²) in [7, 11) is 3.04. The third-order valence-corrected chi connectivity index (χ3v) is 7.69. The number of ether oxygens (including phenoxy) is 3. The number of aromatic nitrogens is 1. The van der Waals surface area contributed by atoms with E-state index in [0.29, 0.717) is 40.1 Å². The molecule has 1 aliphatic rings. The van der Waals surface area contributed by atoms with E-state index in [1.807, 2.05) is 25.1 Å². The molecule has 0 spiro atoms. The van der Waals surface area contributed by atoms with Crippen molar-refractivity contribution in [2.45, 2.75) is 26.3 Å². The first kappa shape index (κ1) is 26.2. The predicted molar refractivity (Wildman–Crippen MR) is 151 cm³/mol. The molecule has 1 amide bonds. The summed E-state index contributed by atoms with van der Waals surface area (Å²) in [6.45, 7) is 4.44. The Bertz CT molecular complexity index is 1590. The van der Waals surface area contributed by atoms with Crippen LogP contribution in [0.4, 0.5) is 5.13 Å². The molecule has 4 aromatic rings. The van der Waals surface area contributed by atoms with Crippen molar-refractivity contribution < 1.29 is 28.9 Å². The predicted octanol–water partition coefficient (Wildman–Crippen LogP) is 5.90. The number of rotatable bonds is 8. The van der Waals surface area contributed by atoms with E-state index in [1.165, 1.54) is 30.5 Å². The van der Waals surface area contributed by atoms with Crippen molar-refractivity contribution >= 4 is 44.1 Å². The van der Waals surface area contributed by atoms with Gasteiger partial charge in [0.1, 0.15) is 29.0 Å². The molecule has 1 aromatic heterocycles. The highest BCUT2D eigenvalue weighted by molar-refractivity contribution is 7.22. The molecular weight excluding hydrogens is 516 g/mol. The fourth-order valence-corrected chi connectivity index (χ4v) is 5.74. The Kier molecular flexibility index (Phi) is 7.26. The van der Waals surface area contributed by atoms with Crippen LogP contribution in [0.15, 0.2) is 66.2 Å². The topological polar surface area (TPSA) is 98.2 Å². The first-order valence-corrected chi connectivity index (χ1v) is 13.4. The van der Waals surface area contributed by atoms with Crippen molar-refractivity contribution in [3.05, 3.63) is 82.9 Å². The largest absolute Gasteiger partial charge is 0.507 e. The molecule has 9 heteroatoms. The van der Waals surface area contributed by atoms with Crippen LogP contribution in [0.3, 0.4) is 0 Å². The smallest absolute Gasteiger partial charge is 0.301 e. The highest BCUT2D eigenvalue weighted by atomic mass is 32.1. The molecule has 0 unspecified atom stereocenters. The molecule has 1 N–H and O–H groups in total. The zero-order valence-electron chi connectivity index (χ0n) is 22.1. The third kappa shape index (κ3) is 4.70. The molecule has 8 nitrogen and oxygen atoms in total. The highest BCUT2D eigenvalue weighted by Gasteiger charge is 2.49. The Morgan fingerprint density at radius 1 is 0.974 bits per heavy atom. The molecule has 0 aliphatic carbocycles. The number of carbonyl (C=O) groups is 2. The Hall–Kier alpha value is -4.37. The van der Waals surface area contributed by atoms with E-state index in [4.69, 9.17) is 19.2 Å². The molecule has 3 aromatic carbocycles. The Morgan fingerprint density at radius 3 is 2.38 bits per heavy atom. The summed E-state index contributed by atoms with van der Waals surface area (Å²) in [6, 6.07) is 16.8. The molecule has 5 rings (SSSR count). The third-order valence-electron chi connectivity index (χ3n) is 6.67. The van der Waals surface area contributed by atoms with Crippen molar-refractivity contribution in [1.82, 2.24) is 4.98 Å². The Morgan fingerprint density at radius 2 is 1.72 bits per heavy atom. The quantitative estimate of drug-likeness (QED) is 0.168. The van der Waals surface area contributed by atoms with E-state index in [-0.39, 0.29) is 11.3 Å². The zero-order valence-corrected chi connectivity index (χ0v) is 22.9. The number of carbonyl (C=O) groups excluding carboxylic acids is 2. The zero-order chi connectivity index (χ0) is 27.7. The molecule has 1 atom stereocenters. The Balaban J connectivity index is 1.73. The first-order chi connectivity index (χ1) is 18.9. The summed E-state index contributed by atoms with van der Waals surface area (Å²) >= 11 is 1.32. The van der Waals surface area contributed by atoms with E-state index in [0.717, 1.165) is 22.2 Å². The number of amides is 1. The number of methoxy groups -OCH3 is 2. The minimum Gasteiger partial charge on any atom is -0.507 e. The second-order valence-corrected chi connectivity index (χ2v) is 9.90. The van der Waals surface area contributed by atoms with E-state index < -0.39 is 17.7 Å². The number of aliphatic hydroxyl groups is 1. The summed E-state index contributed by atoms with van der Waals surface area (Å²) in [5.74, 6) is -0.337. The summed E-state index contributed by atoms with van der Waals surface area (Å²) in [5, 5.41) is 11.8. The van der Waals surface area contributed by atoms with Gasteiger partial charge in [0.15, 0.2) is 5.13 Å². The van der Waals surface area contributed by atoms with E-state index in [9.17, 15) is 14.7 Å². The molecular formula is C30H28N2O6S. The highest BCUT2D eigenvalue weighted by Crippen LogP contribution is 2.47. The SMILES string of the molecule is CCOc1ccc(C(O)=C2C(=O)C(=O)N(c3nc4ccc(CC)cc4s3)[C@H]2c2cc(OC)ccc2OC)cc1. The van der Waals surface area contributed by atoms with Gasteiger partial charge < -0.3 is 19.3 Å². The van der Waals surface area contributed by atoms with Gasteiger partial charge in [-0.3, -0.25) is 14.5 Å².